The second-order valence-corrected chi connectivity index (χ2v) is 5.21. The monoisotopic (exact) mass is 363 g/mol. The number of carbonyl (C=O) groups excluding carboxylic acids is 2. The van der Waals surface area contributed by atoms with Gasteiger partial charge in [-0.3, -0.25) is 9.59 Å². The van der Waals surface area contributed by atoms with Gasteiger partial charge in [0.2, 0.25) is 11.8 Å². The van der Waals surface area contributed by atoms with Crippen molar-refractivity contribution < 1.29 is 32.6 Å². The molecule has 0 spiro atoms. The minimum atomic E-state index is -4.57. The fraction of sp³-hybridized carbons (Fsp3) is 0.467. The van der Waals surface area contributed by atoms with Gasteiger partial charge >= 0.3 is 6.18 Å². The first-order valence-electron chi connectivity index (χ1n) is 7.33. The zero-order chi connectivity index (χ0) is 19.0. The lowest BCUT2D eigenvalue weighted by Gasteiger charge is -2.22. The first-order valence-corrected chi connectivity index (χ1v) is 7.33. The first kappa shape index (κ1) is 20.7. The molecule has 0 heterocycles. The molecule has 0 radical (unpaired) electrons. The molecule has 7 nitrogen and oxygen atoms in total. The van der Waals surface area contributed by atoms with Crippen LogP contribution in [0.5, 0.6) is 5.75 Å². The molecular formula is C15H20F3N3O4. The van der Waals surface area contributed by atoms with Crippen LogP contribution in [0.1, 0.15) is 5.56 Å². The number of carbonyl (C=O) groups is 2. The summed E-state index contributed by atoms with van der Waals surface area (Å²) >= 11 is 0. The molecule has 0 fully saturated rings. The average Bonchev–Trinajstić information content (AvgIpc) is 2.56. The van der Waals surface area contributed by atoms with Gasteiger partial charge in [0.15, 0.2) is 0 Å². The van der Waals surface area contributed by atoms with Gasteiger partial charge < -0.3 is 25.8 Å². The largest absolute Gasteiger partial charge is 0.490 e. The number of nitrogens with two attached hydrogens (primary N) is 1. The number of likely N-dealkylation sites (N-methyl/N-ethyl adjacent to an activating group) is 1. The molecule has 1 unspecified atom stereocenters. The van der Waals surface area contributed by atoms with E-state index in [4.69, 9.17) is 10.5 Å². The molecule has 1 rings (SSSR count). The molecule has 10 heteroatoms. The number of hydrogen-bond donors (Lipinski definition) is 3. The zero-order valence-corrected chi connectivity index (χ0v) is 13.5. The van der Waals surface area contributed by atoms with Gasteiger partial charge in [0.1, 0.15) is 18.5 Å². The van der Waals surface area contributed by atoms with E-state index in [1.807, 2.05) is 0 Å². The summed E-state index contributed by atoms with van der Waals surface area (Å²) in [5.74, 6) is -1.40. The average molecular weight is 363 g/mol. The number of amides is 2. The third-order valence-electron chi connectivity index (χ3n) is 3.16. The topological polar surface area (TPSA) is 105 Å². The Morgan fingerprint density at radius 2 is 2.00 bits per heavy atom. The van der Waals surface area contributed by atoms with Gasteiger partial charge in [-0.05, 0) is 12.1 Å². The van der Waals surface area contributed by atoms with Crippen LogP contribution in [0.2, 0.25) is 0 Å². The van der Waals surface area contributed by atoms with Crippen LogP contribution in [0.15, 0.2) is 24.3 Å². The zero-order valence-electron chi connectivity index (χ0n) is 13.5. The van der Waals surface area contributed by atoms with E-state index in [0.29, 0.717) is 0 Å². The van der Waals surface area contributed by atoms with Crippen molar-refractivity contribution in [2.24, 2.45) is 5.73 Å². The van der Waals surface area contributed by atoms with Gasteiger partial charge in [0.05, 0.1) is 18.7 Å². The van der Waals surface area contributed by atoms with Crippen molar-refractivity contribution in [3.8, 4) is 5.75 Å². The minimum absolute atomic E-state index is 0.175. The second-order valence-electron chi connectivity index (χ2n) is 5.21. The van der Waals surface area contributed by atoms with E-state index in [1.54, 1.807) is 0 Å². The summed E-state index contributed by atoms with van der Waals surface area (Å²) in [6.07, 6.45) is -5.78. The van der Waals surface area contributed by atoms with Gasteiger partial charge in [-0.25, -0.2) is 0 Å². The Morgan fingerprint density at radius 1 is 1.36 bits per heavy atom. The maximum absolute atomic E-state index is 12.8. The Hall–Kier alpha value is -2.33. The SMILES string of the molecule is CN(CC(O)COc1ccccc1C(F)(F)F)C(=O)CNC(=O)CN. The maximum atomic E-state index is 12.8. The van der Waals surface area contributed by atoms with Crippen LogP contribution in [0, 0.1) is 0 Å². The number of benzene rings is 1. The predicted octanol–water partition coefficient (Wildman–Crippen LogP) is -0.0216. The molecule has 0 aliphatic rings. The summed E-state index contributed by atoms with van der Waals surface area (Å²) in [5.41, 5.74) is 4.13. The van der Waals surface area contributed by atoms with Crippen molar-refractivity contribution >= 4 is 11.8 Å². The number of nitrogens with zero attached hydrogens (tertiary/aromatic N) is 1. The van der Waals surface area contributed by atoms with E-state index in [9.17, 15) is 27.9 Å². The number of nitrogens with one attached hydrogen (secondary N) is 1. The van der Waals surface area contributed by atoms with E-state index in [2.05, 4.69) is 5.32 Å². The van der Waals surface area contributed by atoms with Gasteiger partial charge in [0, 0.05) is 13.6 Å². The lowest BCUT2D eigenvalue weighted by molar-refractivity contribution is -0.139. The van der Waals surface area contributed by atoms with Crippen molar-refractivity contribution in [1.29, 1.82) is 0 Å². The predicted molar refractivity (Wildman–Crippen MR) is 82.6 cm³/mol. The highest BCUT2D eigenvalue weighted by Gasteiger charge is 2.34. The molecule has 25 heavy (non-hydrogen) atoms. The number of aliphatic hydroxyl groups is 1. The quantitative estimate of drug-likeness (QED) is 0.602. The lowest BCUT2D eigenvalue weighted by atomic mass is 10.2. The second kappa shape index (κ2) is 9.23. The Labute approximate surface area is 142 Å². The third kappa shape index (κ3) is 6.98. The summed E-state index contributed by atoms with van der Waals surface area (Å²) in [6, 6.07) is 4.63. The van der Waals surface area contributed by atoms with Crippen molar-refractivity contribution in [1.82, 2.24) is 10.2 Å². The van der Waals surface area contributed by atoms with Crippen LogP contribution in [-0.2, 0) is 15.8 Å². The molecule has 4 N–H and O–H groups in total. The van der Waals surface area contributed by atoms with E-state index in [-0.39, 0.29) is 19.6 Å². The van der Waals surface area contributed by atoms with E-state index in [0.717, 1.165) is 17.0 Å². The Balaban J connectivity index is 2.51. The molecule has 0 bridgehead atoms. The number of alkyl halides is 3. The molecule has 0 aliphatic heterocycles. The van der Waals surface area contributed by atoms with Gasteiger partial charge in [0.25, 0.3) is 0 Å². The first-order chi connectivity index (χ1) is 11.6. The summed E-state index contributed by atoms with van der Waals surface area (Å²) < 4.78 is 43.5. The highest BCUT2D eigenvalue weighted by Crippen LogP contribution is 2.35. The number of aliphatic hydroxyl groups excluding tert-OH is 1. The number of halogens is 3. The Kier molecular flexibility index (Phi) is 7.65. The fourth-order valence-electron chi connectivity index (χ4n) is 1.86. The highest BCUT2D eigenvalue weighted by molar-refractivity contribution is 5.85. The summed E-state index contributed by atoms with van der Waals surface area (Å²) in [5, 5.41) is 12.1. The number of ether oxygens (including phenoxy) is 1. The molecule has 0 saturated carbocycles. The van der Waals surface area contributed by atoms with Crippen molar-refractivity contribution in [3.63, 3.8) is 0 Å². The van der Waals surface area contributed by atoms with E-state index >= 15 is 0 Å². The molecule has 1 aromatic carbocycles. The Morgan fingerprint density at radius 3 is 2.60 bits per heavy atom. The number of rotatable bonds is 8. The normalized spacial score (nSPS) is 12.4. The van der Waals surface area contributed by atoms with Crippen LogP contribution < -0.4 is 15.8 Å². The van der Waals surface area contributed by atoms with Crippen LogP contribution in [0.3, 0.4) is 0 Å². The van der Waals surface area contributed by atoms with Gasteiger partial charge in [-0.1, -0.05) is 12.1 Å². The molecule has 0 aromatic heterocycles. The maximum Gasteiger partial charge on any atom is 0.419 e. The highest BCUT2D eigenvalue weighted by atomic mass is 19.4. The third-order valence-corrected chi connectivity index (χ3v) is 3.16. The summed E-state index contributed by atoms with van der Waals surface area (Å²) in [4.78, 5) is 23.8. The van der Waals surface area contributed by atoms with E-state index < -0.39 is 42.0 Å². The van der Waals surface area contributed by atoms with E-state index in [1.165, 1.54) is 19.2 Å². The molecule has 0 aliphatic carbocycles. The van der Waals surface area contributed by atoms with Crippen LogP contribution in [0.4, 0.5) is 13.2 Å². The standard InChI is InChI=1S/C15H20F3N3O4/c1-21(14(24)7-20-13(23)6-19)8-10(22)9-25-12-5-3-2-4-11(12)15(16,17)18/h2-5,10,22H,6-9,19H2,1H3,(H,20,23). The molecule has 2 amide bonds. The lowest BCUT2D eigenvalue weighted by Crippen LogP contribution is -2.43. The van der Waals surface area contributed by atoms with Crippen LogP contribution in [-0.4, -0.2) is 61.2 Å². The summed E-state index contributed by atoms with van der Waals surface area (Å²) in [7, 11) is 1.38. The molecule has 1 aromatic rings. The molecular weight excluding hydrogens is 343 g/mol. The fourth-order valence-corrected chi connectivity index (χ4v) is 1.86. The summed E-state index contributed by atoms with van der Waals surface area (Å²) in [6.45, 7) is -1.16. The van der Waals surface area contributed by atoms with Crippen molar-refractivity contribution in [2.45, 2.75) is 12.3 Å². The van der Waals surface area contributed by atoms with Crippen LogP contribution in [0.25, 0.3) is 0 Å². The molecule has 0 saturated heterocycles. The van der Waals surface area contributed by atoms with Crippen molar-refractivity contribution in [3.05, 3.63) is 29.8 Å². The molecule has 140 valence electrons. The minimum Gasteiger partial charge on any atom is -0.490 e. The smallest absolute Gasteiger partial charge is 0.419 e. The van der Waals surface area contributed by atoms with Gasteiger partial charge in [-0.2, -0.15) is 13.2 Å². The van der Waals surface area contributed by atoms with Crippen LogP contribution >= 0.6 is 0 Å². The van der Waals surface area contributed by atoms with Crippen molar-refractivity contribution in [2.75, 3.05) is 33.3 Å². The van der Waals surface area contributed by atoms with Gasteiger partial charge in [-0.15, -0.1) is 0 Å². The number of hydrogen-bond acceptors (Lipinski definition) is 5. The Bertz CT molecular complexity index is 596. The number of para-hydroxylation sites is 1. The molecule has 1 atom stereocenters.